The van der Waals surface area contributed by atoms with E-state index in [1.807, 2.05) is 42.5 Å². The Morgan fingerprint density at radius 2 is 0.919 bits per heavy atom. The molecule has 0 fully saturated rings. The number of hydrogen-bond acceptors (Lipinski definition) is 6. The number of ether oxygens (including phenoxy) is 2. The van der Waals surface area contributed by atoms with Gasteiger partial charge in [-0.05, 0) is 124 Å². The molecule has 298 valence electrons. The summed E-state index contributed by atoms with van der Waals surface area (Å²) in [6.07, 6.45) is 0.624. The summed E-state index contributed by atoms with van der Waals surface area (Å²) in [6, 6.07) is 54.6. The first-order chi connectivity index (χ1) is 30.1. The average Bonchev–Trinajstić information content (AvgIpc) is 3.29. The van der Waals surface area contributed by atoms with Crippen molar-refractivity contribution in [3.8, 4) is 34.1 Å². The predicted molar refractivity (Wildman–Crippen MR) is 248 cm³/mol. The third-order valence-electron chi connectivity index (χ3n) is 13.8. The van der Waals surface area contributed by atoms with Crippen LogP contribution in [0.4, 0.5) is 34.1 Å². The van der Waals surface area contributed by atoms with Crippen molar-refractivity contribution >= 4 is 56.1 Å². The zero-order valence-corrected chi connectivity index (χ0v) is 34.7. The van der Waals surface area contributed by atoms with E-state index in [0.717, 1.165) is 73.7 Å². The lowest BCUT2D eigenvalue weighted by Crippen LogP contribution is -2.32. The van der Waals surface area contributed by atoms with Crippen LogP contribution in [0.2, 0.25) is 0 Å². The smallest absolute Gasteiger partial charge is 0.200 e. The Morgan fingerprint density at radius 3 is 1.56 bits per heavy atom. The zero-order valence-electron chi connectivity index (χ0n) is 34.7. The van der Waals surface area contributed by atoms with Crippen LogP contribution in [-0.2, 0) is 17.3 Å². The van der Waals surface area contributed by atoms with Gasteiger partial charge in [0.1, 0.15) is 11.2 Å². The van der Waals surface area contributed by atoms with Gasteiger partial charge in [0.25, 0.3) is 0 Å². The van der Waals surface area contributed by atoms with E-state index in [1.54, 1.807) is 0 Å². The van der Waals surface area contributed by atoms with Gasteiger partial charge < -0.3 is 23.7 Å². The molecule has 5 heterocycles. The topological polar surface area (TPSA) is 55.2 Å². The standard InChI is InChI=1S/C56H40N2O4/c1-55(2)38-11-5-7-15-42(38)57-44-23-19-33(29-50(44)61-48-17-9-13-40(55)52(48)57)27-32-20-25-46-36(28-32)54(59)37-30-34(22-26-47(37)60-46)35-21-24-45-51(31-35)62-49-18-10-14-41-53(49)58(45)43-16-8-6-12-39(43)56(41,3)4/h5-26,28-31H,27H2,1-4H3. The molecule has 0 saturated carbocycles. The fourth-order valence-electron chi connectivity index (χ4n) is 10.7. The Labute approximate surface area is 358 Å². The highest BCUT2D eigenvalue weighted by atomic mass is 16.5. The molecule has 4 aliphatic rings. The largest absolute Gasteiger partial charge is 0.456 e. The molecular formula is C56H40N2O4. The molecular weight excluding hydrogens is 765 g/mol. The van der Waals surface area contributed by atoms with Gasteiger partial charge in [0, 0.05) is 10.8 Å². The Kier molecular flexibility index (Phi) is 6.97. The van der Waals surface area contributed by atoms with Crippen molar-refractivity contribution < 1.29 is 13.9 Å². The molecule has 0 saturated heterocycles. The molecule has 6 nitrogen and oxygen atoms in total. The molecule has 0 radical (unpaired) electrons. The van der Waals surface area contributed by atoms with Gasteiger partial charge in [-0.25, -0.2) is 0 Å². The Bertz CT molecular complexity index is 3510. The summed E-state index contributed by atoms with van der Waals surface area (Å²) in [4.78, 5) is 19.1. The first-order valence-electron chi connectivity index (χ1n) is 21.3. The SMILES string of the molecule is CC1(C)c2ccccc2N2c3ccc(Cc4ccc5oc6ccc(-c7ccc8c(c7)Oc7cccc9c7N8c7ccccc7C9(C)C)cc6c(=O)c5c4)cc3Oc3cccc1c32. The fourth-order valence-corrected chi connectivity index (χ4v) is 10.7. The lowest BCUT2D eigenvalue weighted by molar-refractivity contribution is 0.470. The average molecular weight is 805 g/mol. The van der Waals surface area contributed by atoms with Crippen molar-refractivity contribution in [3.05, 3.63) is 201 Å². The fraction of sp³-hybridized carbons (Fsp3) is 0.125. The first kappa shape index (κ1) is 35.2. The molecule has 4 aliphatic heterocycles. The summed E-state index contributed by atoms with van der Waals surface area (Å²) in [7, 11) is 0. The van der Waals surface area contributed by atoms with Crippen LogP contribution in [0.25, 0.3) is 33.1 Å². The van der Waals surface area contributed by atoms with Crippen LogP contribution in [-0.4, -0.2) is 0 Å². The van der Waals surface area contributed by atoms with E-state index in [9.17, 15) is 4.79 Å². The first-order valence-corrected chi connectivity index (χ1v) is 21.3. The number of nitrogens with zero attached hydrogens (tertiary/aromatic N) is 2. The molecule has 0 amide bonds. The Balaban J connectivity index is 0.842. The second kappa shape index (κ2) is 12.3. The molecule has 13 rings (SSSR count). The van der Waals surface area contributed by atoms with Gasteiger partial charge >= 0.3 is 0 Å². The van der Waals surface area contributed by atoms with Crippen LogP contribution in [0.1, 0.15) is 61.1 Å². The molecule has 0 atom stereocenters. The highest BCUT2D eigenvalue weighted by Crippen LogP contribution is 2.61. The molecule has 0 aliphatic carbocycles. The van der Waals surface area contributed by atoms with Crippen LogP contribution in [0.3, 0.4) is 0 Å². The van der Waals surface area contributed by atoms with Crippen LogP contribution >= 0.6 is 0 Å². The molecule has 9 aromatic rings. The number of para-hydroxylation sites is 4. The third kappa shape index (κ3) is 4.77. The van der Waals surface area contributed by atoms with Crippen molar-refractivity contribution in [3.63, 3.8) is 0 Å². The quantitative estimate of drug-likeness (QED) is 0.166. The van der Waals surface area contributed by atoms with Crippen molar-refractivity contribution in [1.82, 2.24) is 0 Å². The van der Waals surface area contributed by atoms with Crippen molar-refractivity contribution in [1.29, 1.82) is 0 Å². The van der Waals surface area contributed by atoms with Crippen molar-refractivity contribution in [2.75, 3.05) is 9.80 Å². The van der Waals surface area contributed by atoms with Crippen molar-refractivity contribution in [2.45, 2.75) is 44.9 Å². The number of fused-ring (bicyclic) bond motifs is 10. The minimum atomic E-state index is -0.177. The highest BCUT2D eigenvalue weighted by Gasteiger charge is 2.43. The molecule has 8 aromatic carbocycles. The van der Waals surface area contributed by atoms with Gasteiger partial charge in [-0.2, -0.15) is 0 Å². The van der Waals surface area contributed by atoms with Gasteiger partial charge in [0.2, 0.25) is 5.43 Å². The number of hydrogen-bond donors (Lipinski definition) is 0. The molecule has 6 heteroatoms. The maximum absolute atomic E-state index is 14.4. The molecule has 1 aromatic heterocycles. The van der Waals surface area contributed by atoms with Crippen molar-refractivity contribution in [2.24, 2.45) is 0 Å². The zero-order chi connectivity index (χ0) is 41.6. The summed E-state index contributed by atoms with van der Waals surface area (Å²) < 4.78 is 19.7. The van der Waals surface area contributed by atoms with E-state index in [4.69, 9.17) is 13.9 Å². The molecule has 62 heavy (non-hydrogen) atoms. The molecule has 0 N–H and O–H groups in total. The Morgan fingerprint density at radius 1 is 0.435 bits per heavy atom. The van der Waals surface area contributed by atoms with Gasteiger partial charge in [-0.3, -0.25) is 4.79 Å². The third-order valence-corrected chi connectivity index (χ3v) is 13.8. The van der Waals surface area contributed by atoms with Gasteiger partial charge in [-0.1, -0.05) is 113 Å². The van der Waals surface area contributed by atoms with E-state index >= 15 is 0 Å². The van der Waals surface area contributed by atoms with Crippen LogP contribution in [0, 0.1) is 0 Å². The number of anilines is 6. The molecule has 0 unspecified atom stereocenters. The lowest BCUT2D eigenvalue weighted by atomic mass is 9.73. The second-order valence-electron chi connectivity index (χ2n) is 18.1. The second-order valence-corrected chi connectivity index (χ2v) is 18.1. The number of benzene rings is 8. The summed E-state index contributed by atoms with van der Waals surface area (Å²) in [5, 5.41) is 1.10. The van der Waals surface area contributed by atoms with Crippen LogP contribution < -0.4 is 24.7 Å². The summed E-state index contributed by atoms with van der Waals surface area (Å²) in [5.74, 6) is 3.27. The van der Waals surface area contributed by atoms with Gasteiger partial charge in [-0.15, -0.1) is 0 Å². The van der Waals surface area contributed by atoms with Crippen LogP contribution in [0.15, 0.2) is 167 Å². The summed E-state index contributed by atoms with van der Waals surface area (Å²) in [6.45, 7) is 9.14. The normalized spacial score (nSPS) is 15.4. The summed E-state index contributed by atoms with van der Waals surface area (Å²) in [5.41, 5.74) is 16.3. The Hall–Kier alpha value is -7.57. The van der Waals surface area contributed by atoms with Gasteiger partial charge in [0.15, 0.2) is 23.0 Å². The van der Waals surface area contributed by atoms with E-state index < -0.39 is 0 Å². The lowest BCUT2D eigenvalue weighted by Gasteiger charge is -2.44. The van der Waals surface area contributed by atoms with E-state index in [1.165, 1.54) is 27.9 Å². The minimum absolute atomic E-state index is 0.0546. The van der Waals surface area contributed by atoms with E-state index in [2.05, 4.69) is 153 Å². The maximum Gasteiger partial charge on any atom is 0.200 e. The number of rotatable bonds is 3. The highest BCUT2D eigenvalue weighted by molar-refractivity contribution is 5.97. The monoisotopic (exact) mass is 804 g/mol. The molecule has 0 spiro atoms. The van der Waals surface area contributed by atoms with Gasteiger partial charge in [0.05, 0.1) is 44.9 Å². The summed E-state index contributed by atoms with van der Waals surface area (Å²) >= 11 is 0. The maximum atomic E-state index is 14.4. The molecule has 0 bridgehead atoms. The predicted octanol–water partition coefficient (Wildman–Crippen LogP) is 14.6. The van der Waals surface area contributed by atoms with Crippen LogP contribution in [0.5, 0.6) is 23.0 Å². The van der Waals surface area contributed by atoms with E-state index in [0.29, 0.717) is 28.4 Å². The van der Waals surface area contributed by atoms with E-state index in [-0.39, 0.29) is 16.3 Å². The minimum Gasteiger partial charge on any atom is -0.456 e.